The fourth-order valence-corrected chi connectivity index (χ4v) is 3.87. The van der Waals surface area contributed by atoms with E-state index in [4.69, 9.17) is 0 Å². The van der Waals surface area contributed by atoms with Crippen LogP contribution in [0.25, 0.3) is 0 Å². The van der Waals surface area contributed by atoms with Crippen molar-refractivity contribution in [2.45, 2.75) is 38.0 Å². The lowest BCUT2D eigenvalue weighted by Crippen LogP contribution is -2.44. The van der Waals surface area contributed by atoms with Crippen molar-refractivity contribution in [1.82, 2.24) is 10.3 Å². The third-order valence-corrected chi connectivity index (χ3v) is 5.12. The van der Waals surface area contributed by atoms with E-state index in [1.54, 1.807) is 19.2 Å². The molecule has 0 saturated carbocycles. The van der Waals surface area contributed by atoms with Crippen molar-refractivity contribution in [2.24, 2.45) is 0 Å². The van der Waals surface area contributed by atoms with Gasteiger partial charge in [-0.15, -0.1) is 11.3 Å². The quantitative estimate of drug-likeness (QED) is 0.886. The van der Waals surface area contributed by atoms with Crippen molar-refractivity contribution >= 4 is 22.4 Å². The van der Waals surface area contributed by atoms with Crippen LogP contribution in [0.1, 0.15) is 36.9 Å². The van der Waals surface area contributed by atoms with Gasteiger partial charge in [-0.2, -0.15) is 13.2 Å². The second-order valence-corrected chi connectivity index (χ2v) is 6.85. The molecule has 1 fully saturated rings. The number of amides is 1. The van der Waals surface area contributed by atoms with Gasteiger partial charge in [-0.3, -0.25) is 4.79 Å². The Morgan fingerprint density at radius 1 is 1.40 bits per heavy atom. The molecule has 1 aromatic heterocycles. The summed E-state index contributed by atoms with van der Waals surface area (Å²) in [5.74, 6) is -0.267. The number of aromatic nitrogens is 1. The smallest absolute Gasteiger partial charge is 0.348 e. The zero-order valence-electron chi connectivity index (χ0n) is 13.6. The Kier molecular flexibility index (Phi) is 4.99. The Labute approximate surface area is 147 Å². The highest BCUT2D eigenvalue weighted by molar-refractivity contribution is 7.13. The predicted molar refractivity (Wildman–Crippen MR) is 90.5 cm³/mol. The first-order valence-corrected chi connectivity index (χ1v) is 8.88. The van der Waals surface area contributed by atoms with Crippen LogP contribution in [0.4, 0.5) is 18.3 Å². The summed E-state index contributed by atoms with van der Waals surface area (Å²) in [6, 6.07) is 4.21. The zero-order chi connectivity index (χ0) is 18.0. The van der Waals surface area contributed by atoms with Gasteiger partial charge >= 0.3 is 6.18 Å². The summed E-state index contributed by atoms with van der Waals surface area (Å²) in [6.45, 7) is 2.30. The highest BCUT2D eigenvalue weighted by atomic mass is 32.1. The zero-order valence-corrected chi connectivity index (χ0v) is 14.4. The van der Waals surface area contributed by atoms with Crippen LogP contribution in [-0.4, -0.2) is 23.5 Å². The number of halogens is 3. The molecular formula is C17H18F3N3OS. The number of carbonyl (C=O) groups excluding carboxylic acids is 1. The Bertz CT molecular complexity index is 733. The van der Waals surface area contributed by atoms with Crippen LogP contribution in [0, 0.1) is 0 Å². The topological polar surface area (TPSA) is 45.2 Å². The molecule has 1 aliphatic heterocycles. The minimum absolute atomic E-state index is 0.0714. The third-order valence-electron chi connectivity index (χ3n) is 4.31. The van der Waals surface area contributed by atoms with E-state index in [2.05, 4.69) is 10.3 Å². The number of thiazole rings is 1. The maximum atomic E-state index is 13.2. The van der Waals surface area contributed by atoms with E-state index in [0.717, 1.165) is 24.2 Å². The van der Waals surface area contributed by atoms with E-state index in [9.17, 15) is 18.0 Å². The number of alkyl halides is 3. The molecule has 134 valence electrons. The first-order chi connectivity index (χ1) is 11.9. The number of hydrogen-bond donors (Lipinski definition) is 1. The molecule has 4 nitrogen and oxygen atoms in total. The lowest BCUT2D eigenvalue weighted by atomic mass is 10.0. The fourth-order valence-electron chi connectivity index (χ4n) is 3.15. The molecule has 8 heteroatoms. The monoisotopic (exact) mass is 369 g/mol. The molecule has 0 spiro atoms. The molecular weight excluding hydrogens is 351 g/mol. The van der Waals surface area contributed by atoms with Crippen LogP contribution in [0.3, 0.4) is 0 Å². The van der Waals surface area contributed by atoms with Crippen LogP contribution < -0.4 is 10.2 Å². The van der Waals surface area contributed by atoms with E-state index >= 15 is 0 Å². The number of benzene rings is 1. The minimum Gasteiger partial charge on any atom is -0.348 e. The lowest BCUT2D eigenvalue weighted by molar-refractivity contribution is -0.138. The van der Waals surface area contributed by atoms with Crippen molar-refractivity contribution in [3.05, 3.63) is 47.0 Å². The van der Waals surface area contributed by atoms with Gasteiger partial charge in [0.15, 0.2) is 5.13 Å². The van der Waals surface area contributed by atoms with Gasteiger partial charge < -0.3 is 10.2 Å². The maximum Gasteiger partial charge on any atom is 0.416 e. The van der Waals surface area contributed by atoms with Crippen molar-refractivity contribution in [3.8, 4) is 0 Å². The van der Waals surface area contributed by atoms with Crippen LogP contribution in [0.5, 0.6) is 0 Å². The largest absolute Gasteiger partial charge is 0.416 e. The second-order valence-electron chi connectivity index (χ2n) is 5.98. The number of anilines is 1. The summed E-state index contributed by atoms with van der Waals surface area (Å²) in [5, 5.41) is 5.34. The molecule has 2 aromatic rings. The summed E-state index contributed by atoms with van der Waals surface area (Å²) in [5.41, 5.74) is -0.645. The fraction of sp³-hybridized carbons (Fsp3) is 0.412. The van der Waals surface area contributed by atoms with Crippen molar-refractivity contribution in [2.75, 3.05) is 11.4 Å². The molecule has 0 aliphatic carbocycles. The molecule has 25 heavy (non-hydrogen) atoms. The van der Waals surface area contributed by atoms with E-state index < -0.39 is 23.8 Å². The van der Waals surface area contributed by atoms with Crippen LogP contribution >= 0.6 is 11.3 Å². The van der Waals surface area contributed by atoms with Gasteiger partial charge in [0, 0.05) is 18.1 Å². The van der Waals surface area contributed by atoms with Gasteiger partial charge in [-0.25, -0.2) is 4.98 Å². The molecule has 1 N–H and O–H groups in total. The highest BCUT2D eigenvalue weighted by Crippen LogP contribution is 2.34. The van der Waals surface area contributed by atoms with E-state index in [0.29, 0.717) is 6.42 Å². The van der Waals surface area contributed by atoms with Gasteiger partial charge in [-0.1, -0.05) is 18.2 Å². The van der Waals surface area contributed by atoms with Gasteiger partial charge in [0.2, 0.25) is 5.91 Å². The maximum absolute atomic E-state index is 13.2. The SMILES string of the molecule is C[C@@H](NC(=O)[C@@H]1CCCN1c1nccs1)c1ccccc1C(F)(F)F. The minimum atomic E-state index is -4.45. The second kappa shape index (κ2) is 7.03. The summed E-state index contributed by atoms with van der Waals surface area (Å²) >= 11 is 1.45. The first kappa shape index (κ1) is 17.7. The van der Waals surface area contributed by atoms with E-state index in [1.807, 2.05) is 10.3 Å². The third kappa shape index (κ3) is 3.78. The number of nitrogens with zero attached hydrogens (tertiary/aromatic N) is 2. The predicted octanol–water partition coefficient (Wildman–Crippen LogP) is 4.01. The average molecular weight is 369 g/mol. The molecule has 1 aliphatic rings. The molecule has 2 heterocycles. The first-order valence-electron chi connectivity index (χ1n) is 8.00. The van der Waals surface area contributed by atoms with Crippen molar-refractivity contribution < 1.29 is 18.0 Å². The summed E-state index contributed by atoms with van der Waals surface area (Å²) in [7, 11) is 0. The molecule has 1 saturated heterocycles. The van der Waals surface area contributed by atoms with Crippen LogP contribution in [0.15, 0.2) is 35.8 Å². The van der Waals surface area contributed by atoms with Gasteiger partial charge in [0.05, 0.1) is 11.6 Å². The Balaban J connectivity index is 1.75. The number of rotatable bonds is 4. The molecule has 1 amide bonds. The summed E-state index contributed by atoms with van der Waals surface area (Å²) in [6.07, 6.45) is -1.25. The van der Waals surface area contributed by atoms with E-state index in [-0.39, 0.29) is 11.5 Å². The molecule has 1 aromatic carbocycles. The van der Waals surface area contributed by atoms with Gasteiger partial charge in [-0.05, 0) is 31.4 Å². The van der Waals surface area contributed by atoms with E-state index in [1.165, 1.54) is 23.5 Å². The van der Waals surface area contributed by atoms with Crippen LogP contribution in [-0.2, 0) is 11.0 Å². The van der Waals surface area contributed by atoms with Gasteiger partial charge in [0.1, 0.15) is 6.04 Å². The summed E-state index contributed by atoms with van der Waals surface area (Å²) < 4.78 is 39.5. The van der Waals surface area contributed by atoms with Crippen molar-refractivity contribution in [1.29, 1.82) is 0 Å². The molecule has 0 radical (unpaired) electrons. The summed E-state index contributed by atoms with van der Waals surface area (Å²) in [4.78, 5) is 18.8. The van der Waals surface area contributed by atoms with Gasteiger partial charge in [0.25, 0.3) is 0 Å². The molecule has 3 rings (SSSR count). The molecule has 0 bridgehead atoms. The van der Waals surface area contributed by atoms with Crippen molar-refractivity contribution in [3.63, 3.8) is 0 Å². The lowest BCUT2D eigenvalue weighted by Gasteiger charge is -2.26. The Hall–Kier alpha value is -2.09. The standard InChI is InChI=1S/C17H18F3N3OS/c1-11(12-5-2-3-6-13(12)17(18,19)20)22-15(24)14-7-4-9-23(14)16-21-8-10-25-16/h2-3,5-6,8,10-11,14H,4,7,9H2,1H3,(H,22,24)/t11-,14+/m1/s1. The normalized spacial score (nSPS) is 19.0. The Morgan fingerprint density at radius 2 is 2.16 bits per heavy atom. The Morgan fingerprint density at radius 3 is 2.84 bits per heavy atom. The molecule has 0 unspecified atom stereocenters. The number of hydrogen-bond acceptors (Lipinski definition) is 4. The highest BCUT2D eigenvalue weighted by Gasteiger charge is 2.36. The van der Waals surface area contributed by atoms with Crippen LogP contribution in [0.2, 0.25) is 0 Å². The number of carbonyl (C=O) groups is 1. The average Bonchev–Trinajstić information content (AvgIpc) is 3.24. The number of nitrogens with one attached hydrogen (secondary N) is 1. The molecule has 2 atom stereocenters.